The molecule has 0 fully saturated rings. The average Bonchev–Trinajstić information content (AvgIpc) is 2.24. The highest BCUT2D eigenvalue weighted by Gasteiger charge is 2.23. The van der Waals surface area contributed by atoms with E-state index in [0.717, 1.165) is 12.1 Å². The van der Waals surface area contributed by atoms with Crippen LogP contribution >= 0.6 is 11.6 Å². The molecule has 1 aromatic rings. The van der Waals surface area contributed by atoms with E-state index in [1.54, 1.807) is 0 Å². The number of nitro benzene ring substituents is 1. The van der Waals surface area contributed by atoms with Gasteiger partial charge >= 0.3 is 5.69 Å². The number of aliphatic hydroxyl groups is 1. The Morgan fingerprint density at radius 2 is 2.31 bits per heavy atom. The Morgan fingerprint density at radius 1 is 1.69 bits per heavy atom. The predicted octanol–water partition coefficient (Wildman–Crippen LogP) is 2.15. The number of halogens is 2. The Bertz CT molecular complexity index is 413. The molecular weight excluding hydrogens is 241 g/mol. The largest absolute Gasteiger partial charge is 0.480 e. The highest BCUT2D eigenvalue weighted by Crippen LogP contribution is 2.37. The van der Waals surface area contributed by atoms with Crippen molar-refractivity contribution in [1.82, 2.24) is 0 Å². The van der Waals surface area contributed by atoms with Gasteiger partial charge in [0.2, 0.25) is 5.75 Å². The summed E-state index contributed by atoms with van der Waals surface area (Å²) in [6.07, 6.45) is -0.710. The first-order valence-electron chi connectivity index (χ1n) is 4.37. The van der Waals surface area contributed by atoms with Gasteiger partial charge in [-0.25, -0.2) is 4.39 Å². The van der Waals surface area contributed by atoms with Crippen LogP contribution in [0.1, 0.15) is 6.92 Å². The van der Waals surface area contributed by atoms with Gasteiger partial charge in [0.25, 0.3) is 0 Å². The van der Waals surface area contributed by atoms with Gasteiger partial charge in [0.1, 0.15) is 16.9 Å². The summed E-state index contributed by atoms with van der Waals surface area (Å²) in [5.41, 5.74) is -0.438. The molecule has 0 saturated carbocycles. The molecule has 5 nitrogen and oxygen atoms in total. The summed E-state index contributed by atoms with van der Waals surface area (Å²) in [7, 11) is 0. The van der Waals surface area contributed by atoms with Gasteiger partial charge < -0.3 is 9.84 Å². The van der Waals surface area contributed by atoms with Gasteiger partial charge in [-0.3, -0.25) is 10.1 Å². The molecule has 0 heterocycles. The van der Waals surface area contributed by atoms with Crippen LogP contribution in [-0.2, 0) is 0 Å². The molecular formula is C9H9ClFNO4. The molecule has 0 aliphatic heterocycles. The van der Waals surface area contributed by atoms with Crippen molar-refractivity contribution >= 4 is 17.3 Å². The standard InChI is InChI=1S/C9H9ClFNO4/c1-5(4-13)16-9-7(12(14)15)3-2-6(11)8(9)10/h2-3,5,13H,4H2,1H3. The number of hydrogen-bond acceptors (Lipinski definition) is 4. The number of nitrogens with zero attached hydrogens (tertiary/aromatic N) is 1. The smallest absolute Gasteiger partial charge is 0.312 e. The summed E-state index contributed by atoms with van der Waals surface area (Å²) < 4.78 is 18.1. The van der Waals surface area contributed by atoms with Crippen LogP contribution in [0.4, 0.5) is 10.1 Å². The number of rotatable bonds is 4. The first-order valence-corrected chi connectivity index (χ1v) is 4.75. The van der Waals surface area contributed by atoms with Gasteiger partial charge in [-0.05, 0) is 13.0 Å². The second-order valence-corrected chi connectivity index (χ2v) is 3.46. The lowest BCUT2D eigenvalue weighted by atomic mass is 10.3. The lowest BCUT2D eigenvalue weighted by Crippen LogP contribution is -2.17. The fourth-order valence-electron chi connectivity index (χ4n) is 1.02. The van der Waals surface area contributed by atoms with Crippen molar-refractivity contribution in [2.45, 2.75) is 13.0 Å². The SMILES string of the molecule is CC(CO)Oc1c([N+](=O)[O-])ccc(F)c1Cl. The quantitative estimate of drug-likeness (QED) is 0.655. The average molecular weight is 250 g/mol. The highest BCUT2D eigenvalue weighted by atomic mass is 35.5. The zero-order chi connectivity index (χ0) is 12.3. The zero-order valence-corrected chi connectivity index (χ0v) is 9.07. The minimum Gasteiger partial charge on any atom is -0.480 e. The Morgan fingerprint density at radius 3 is 2.81 bits per heavy atom. The van der Waals surface area contributed by atoms with Crippen LogP contribution in [-0.4, -0.2) is 22.7 Å². The number of aliphatic hydroxyl groups excluding tert-OH is 1. The van der Waals surface area contributed by atoms with Gasteiger partial charge in [-0.2, -0.15) is 0 Å². The molecule has 16 heavy (non-hydrogen) atoms. The molecule has 1 atom stereocenters. The molecule has 7 heteroatoms. The molecule has 1 rings (SSSR count). The van der Waals surface area contributed by atoms with E-state index in [1.807, 2.05) is 0 Å². The molecule has 0 bridgehead atoms. The molecule has 0 saturated heterocycles. The molecule has 0 amide bonds. The maximum atomic E-state index is 13.1. The minimum absolute atomic E-state index is 0.357. The molecule has 1 unspecified atom stereocenters. The lowest BCUT2D eigenvalue weighted by molar-refractivity contribution is -0.386. The van der Waals surface area contributed by atoms with Gasteiger partial charge in [0, 0.05) is 6.07 Å². The van der Waals surface area contributed by atoms with Crippen LogP contribution in [0.2, 0.25) is 5.02 Å². The van der Waals surface area contributed by atoms with Crippen molar-refractivity contribution in [3.05, 3.63) is 33.1 Å². The van der Waals surface area contributed by atoms with Crippen LogP contribution in [0.15, 0.2) is 12.1 Å². The molecule has 0 spiro atoms. The molecule has 0 radical (unpaired) electrons. The molecule has 1 N–H and O–H groups in total. The molecule has 0 aliphatic carbocycles. The van der Waals surface area contributed by atoms with E-state index >= 15 is 0 Å². The van der Waals surface area contributed by atoms with Crippen molar-refractivity contribution in [1.29, 1.82) is 0 Å². The first kappa shape index (κ1) is 12.7. The van der Waals surface area contributed by atoms with E-state index in [4.69, 9.17) is 21.4 Å². The second-order valence-electron chi connectivity index (χ2n) is 3.08. The minimum atomic E-state index is -0.813. The number of benzene rings is 1. The van der Waals surface area contributed by atoms with Gasteiger partial charge in [0.15, 0.2) is 0 Å². The first-order chi connectivity index (χ1) is 7.47. The number of hydrogen-bond donors (Lipinski definition) is 1. The maximum Gasteiger partial charge on any atom is 0.312 e. The summed E-state index contributed by atoms with van der Waals surface area (Å²) in [5, 5.41) is 18.9. The summed E-state index contributed by atoms with van der Waals surface area (Å²) in [5.74, 6) is -1.18. The highest BCUT2D eigenvalue weighted by molar-refractivity contribution is 6.32. The van der Waals surface area contributed by atoms with Crippen molar-refractivity contribution in [2.24, 2.45) is 0 Å². The summed E-state index contributed by atoms with van der Waals surface area (Å²) in [6.45, 7) is 1.12. The van der Waals surface area contributed by atoms with E-state index in [0.29, 0.717) is 0 Å². The van der Waals surface area contributed by atoms with Crippen LogP contribution < -0.4 is 4.74 Å². The van der Waals surface area contributed by atoms with Crippen molar-refractivity contribution in [3.63, 3.8) is 0 Å². The topological polar surface area (TPSA) is 72.6 Å². The van der Waals surface area contributed by atoms with Gasteiger partial charge in [-0.1, -0.05) is 11.6 Å². The Hall–Kier alpha value is -1.40. The van der Waals surface area contributed by atoms with Crippen molar-refractivity contribution in [3.8, 4) is 5.75 Å². The molecule has 1 aromatic carbocycles. The number of nitro groups is 1. The van der Waals surface area contributed by atoms with E-state index in [-0.39, 0.29) is 12.4 Å². The van der Waals surface area contributed by atoms with Crippen LogP contribution in [0.5, 0.6) is 5.75 Å². The summed E-state index contributed by atoms with van der Waals surface area (Å²) >= 11 is 5.56. The van der Waals surface area contributed by atoms with E-state index in [2.05, 4.69) is 0 Å². The Labute approximate surface area is 95.6 Å². The molecule has 88 valence electrons. The second kappa shape index (κ2) is 5.09. The van der Waals surface area contributed by atoms with Gasteiger partial charge in [0.05, 0.1) is 11.5 Å². The van der Waals surface area contributed by atoms with Crippen LogP contribution in [0.3, 0.4) is 0 Å². The fourth-order valence-corrected chi connectivity index (χ4v) is 1.22. The monoisotopic (exact) mass is 249 g/mol. The van der Waals surface area contributed by atoms with Crippen LogP contribution in [0, 0.1) is 15.9 Å². The summed E-state index contributed by atoms with van der Waals surface area (Å²) in [6, 6.07) is 1.84. The lowest BCUT2D eigenvalue weighted by Gasteiger charge is -2.13. The third kappa shape index (κ3) is 2.59. The summed E-state index contributed by atoms with van der Waals surface area (Å²) in [4.78, 5) is 9.91. The molecule has 0 aromatic heterocycles. The third-order valence-electron chi connectivity index (χ3n) is 1.80. The third-order valence-corrected chi connectivity index (χ3v) is 2.15. The molecule has 0 aliphatic rings. The van der Waals surface area contributed by atoms with E-state index in [1.165, 1.54) is 6.92 Å². The van der Waals surface area contributed by atoms with Gasteiger partial charge in [-0.15, -0.1) is 0 Å². The number of ether oxygens (including phenoxy) is 1. The normalized spacial score (nSPS) is 12.2. The van der Waals surface area contributed by atoms with Crippen molar-refractivity contribution < 1.29 is 19.2 Å². The maximum absolute atomic E-state index is 13.1. The van der Waals surface area contributed by atoms with Crippen LogP contribution in [0.25, 0.3) is 0 Å². The van der Waals surface area contributed by atoms with E-state index < -0.39 is 27.6 Å². The van der Waals surface area contributed by atoms with Crippen molar-refractivity contribution in [2.75, 3.05) is 6.61 Å². The zero-order valence-electron chi connectivity index (χ0n) is 8.31. The van der Waals surface area contributed by atoms with E-state index in [9.17, 15) is 14.5 Å². The fraction of sp³-hybridized carbons (Fsp3) is 0.333. The Balaban J connectivity index is 3.21. The Kier molecular flexibility index (Phi) is 4.03. The predicted molar refractivity (Wildman–Crippen MR) is 55.2 cm³/mol.